The van der Waals surface area contributed by atoms with Gasteiger partial charge in [0.05, 0.1) is 0 Å². The molecule has 0 bridgehead atoms. The van der Waals surface area contributed by atoms with Crippen LogP contribution >= 0.6 is 0 Å². The van der Waals surface area contributed by atoms with Gasteiger partial charge in [0, 0.05) is 39.3 Å². The largest absolute Gasteiger partial charge is 0.396 e. The average Bonchev–Trinajstić information content (AvgIpc) is 2.88. The van der Waals surface area contributed by atoms with Crippen molar-refractivity contribution in [3.05, 3.63) is 55.5 Å². The van der Waals surface area contributed by atoms with Crippen LogP contribution < -0.4 is 0 Å². The Morgan fingerprint density at radius 1 is 0.535 bits per heavy atom. The van der Waals surface area contributed by atoms with Crippen molar-refractivity contribution in [3.63, 3.8) is 0 Å². The smallest absolute Gasteiger partial charge is 0.0433 e. The molecular formula is C41H83OY-. The summed E-state index contributed by atoms with van der Waals surface area (Å²) in [5.74, 6) is 3.10. The monoisotopic (exact) mass is 681 g/mol. The van der Waals surface area contributed by atoms with E-state index in [1.165, 1.54) is 106 Å². The van der Waals surface area contributed by atoms with Gasteiger partial charge in [-0.1, -0.05) is 129 Å². The summed E-state index contributed by atoms with van der Waals surface area (Å²) >= 11 is 0. The van der Waals surface area contributed by atoms with Gasteiger partial charge in [-0.15, -0.1) is 26.3 Å². The Labute approximate surface area is 301 Å². The molecule has 0 rings (SSSR count). The van der Waals surface area contributed by atoms with Gasteiger partial charge >= 0.3 is 0 Å². The molecule has 43 heavy (non-hydrogen) atoms. The maximum Gasteiger partial charge on any atom is 0.0433 e. The van der Waals surface area contributed by atoms with Gasteiger partial charge in [0.1, 0.15) is 0 Å². The molecule has 0 aliphatic heterocycles. The third-order valence-corrected chi connectivity index (χ3v) is 7.29. The van der Waals surface area contributed by atoms with Gasteiger partial charge in [-0.05, 0) is 90.4 Å². The fourth-order valence-electron chi connectivity index (χ4n) is 3.54. The molecule has 0 amide bonds. The molecule has 0 saturated carbocycles. The first-order valence-corrected chi connectivity index (χ1v) is 17.5. The van der Waals surface area contributed by atoms with Gasteiger partial charge in [-0.25, -0.2) is 0 Å². The molecule has 0 aromatic carbocycles. The minimum absolute atomic E-state index is 0. The molecule has 1 N–H and O–H groups in total. The maximum atomic E-state index is 8.63. The summed E-state index contributed by atoms with van der Waals surface area (Å²) in [4.78, 5) is 0. The van der Waals surface area contributed by atoms with E-state index in [0.29, 0.717) is 18.4 Å². The minimum Gasteiger partial charge on any atom is -0.396 e. The molecule has 1 nitrogen and oxygen atoms in total. The minimum atomic E-state index is 0. The second kappa shape index (κ2) is 44.2. The van der Waals surface area contributed by atoms with Gasteiger partial charge in [-0.2, -0.15) is 5.92 Å². The third kappa shape index (κ3) is 74.7. The molecule has 0 fully saturated rings. The Morgan fingerprint density at radius 3 is 1.07 bits per heavy atom. The average molecular weight is 681 g/mol. The number of aliphatic hydroxyl groups excluding tert-OH is 1. The molecule has 3 atom stereocenters. The summed E-state index contributed by atoms with van der Waals surface area (Å²) in [6, 6.07) is 0. The van der Waals surface area contributed by atoms with Crippen molar-refractivity contribution >= 4 is 0 Å². The molecule has 0 spiro atoms. The van der Waals surface area contributed by atoms with Gasteiger partial charge in [-0.3, -0.25) is 0 Å². The number of hydrogen-bond acceptors (Lipinski definition) is 1. The first kappa shape index (κ1) is 55.4. The van der Waals surface area contributed by atoms with Crippen molar-refractivity contribution in [1.82, 2.24) is 0 Å². The van der Waals surface area contributed by atoms with Crippen LogP contribution in [0.25, 0.3) is 0 Å². The van der Waals surface area contributed by atoms with Crippen molar-refractivity contribution in [2.45, 2.75) is 179 Å². The Bertz CT molecular complexity index is 585. The predicted octanol–water partition coefficient (Wildman–Crippen LogP) is 14.5. The van der Waals surface area contributed by atoms with Crippen molar-refractivity contribution in [2.75, 3.05) is 6.61 Å². The molecule has 3 unspecified atom stereocenters. The second-order valence-electron chi connectivity index (χ2n) is 13.4. The van der Waals surface area contributed by atoms with Crippen LogP contribution in [0, 0.1) is 30.6 Å². The zero-order chi connectivity index (χ0) is 33.9. The van der Waals surface area contributed by atoms with Crippen molar-refractivity contribution in [3.8, 4) is 0 Å². The molecule has 0 aliphatic rings. The molecule has 0 aromatic heterocycles. The van der Waals surface area contributed by atoms with E-state index in [1.807, 2.05) is 0 Å². The van der Waals surface area contributed by atoms with Crippen LogP contribution in [0.2, 0.25) is 0 Å². The van der Waals surface area contributed by atoms with Crippen LogP contribution in [-0.2, 0) is 32.7 Å². The van der Waals surface area contributed by atoms with Crippen LogP contribution in [0.15, 0.2) is 48.6 Å². The summed E-state index contributed by atoms with van der Waals surface area (Å²) in [6.07, 6.45) is 18.4. The van der Waals surface area contributed by atoms with Gasteiger partial charge < -0.3 is 12.0 Å². The summed E-state index contributed by atoms with van der Waals surface area (Å²) in [6.45, 7) is 45.7. The van der Waals surface area contributed by atoms with Crippen molar-refractivity contribution < 1.29 is 37.8 Å². The topological polar surface area (TPSA) is 20.2 Å². The number of allylic oxidation sites excluding steroid dienone is 4. The van der Waals surface area contributed by atoms with Crippen LogP contribution in [0.4, 0.5) is 0 Å². The van der Waals surface area contributed by atoms with E-state index in [4.69, 9.17) is 5.11 Å². The normalized spacial score (nSPS) is 11.7. The number of aliphatic hydroxyl groups is 1. The zero-order valence-electron chi connectivity index (χ0n) is 32.2. The van der Waals surface area contributed by atoms with E-state index in [1.54, 1.807) is 0 Å². The third-order valence-electron chi connectivity index (χ3n) is 7.29. The molecule has 0 saturated heterocycles. The molecule has 0 heterocycles. The van der Waals surface area contributed by atoms with E-state index in [0.717, 1.165) is 24.7 Å². The van der Waals surface area contributed by atoms with Crippen LogP contribution in [-0.4, -0.2) is 11.7 Å². The van der Waals surface area contributed by atoms with Crippen molar-refractivity contribution in [2.24, 2.45) is 23.7 Å². The van der Waals surface area contributed by atoms with Crippen LogP contribution in [0.3, 0.4) is 0 Å². The summed E-state index contributed by atoms with van der Waals surface area (Å²) in [7, 11) is 0. The standard InChI is InChI=1S/C10H20O.C10H20.C9H17.C6H12.C6H14.Y/c1-9(2)5-4-6-10(3)7-8-11;1-5-10(4)8-6-7-9(2)3;1-8(2)6-5-7-9(3)4;1-4-5-6(2)3;1-4-6(3)5-2;/h10-11H,1,4-8H2,2-3H3;10H,2,5-8H2,1,3-4H3;8H,1,3,5-7H2,2,4H3;2,4-5H2,1,3H3;6H,4-5H2,1-3H3;/q;;-1;;;. The van der Waals surface area contributed by atoms with E-state index < -0.39 is 0 Å². The number of hydrogen-bond donors (Lipinski definition) is 1. The second-order valence-corrected chi connectivity index (χ2v) is 13.4. The molecule has 2 heteroatoms. The van der Waals surface area contributed by atoms with Crippen LogP contribution in [0.1, 0.15) is 179 Å². The van der Waals surface area contributed by atoms with E-state index in [9.17, 15) is 0 Å². The molecule has 0 aliphatic carbocycles. The maximum absolute atomic E-state index is 8.63. The Morgan fingerprint density at radius 2 is 0.860 bits per heavy atom. The summed E-state index contributed by atoms with van der Waals surface area (Å²) in [5.41, 5.74) is 5.16. The van der Waals surface area contributed by atoms with E-state index in [-0.39, 0.29) is 32.7 Å². The van der Waals surface area contributed by atoms with E-state index in [2.05, 4.69) is 116 Å². The van der Waals surface area contributed by atoms with Gasteiger partial charge in [0.25, 0.3) is 0 Å². The molecule has 0 aromatic rings. The first-order valence-electron chi connectivity index (χ1n) is 17.5. The number of rotatable bonds is 19. The van der Waals surface area contributed by atoms with Gasteiger partial charge in [0.15, 0.2) is 0 Å². The fourth-order valence-corrected chi connectivity index (χ4v) is 3.54. The van der Waals surface area contributed by atoms with E-state index >= 15 is 0 Å². The molecule has 1 radical (unpaired) electrons. The Hall–Kier alpha value is 0.0239. The quantitative estimate of drug-likeness (QED) is 0.106. The Balaban J connectivity index is -0.000000101. The molecular weight excluding hydrogens is 597 g/mol. The zero-order valence-corrected chi connectivity index (χ0v) is 35.0. The van der Waals surface area contributed by atoms with Gasteiger partial charge in [0.2, 0.25) is 0 Å². The Kier molecular flexibility index (Phi) is 56.9. The van der Waals surface area contributed by atoms with Crippen molar-refractivity contribution in [1.29, 1.82) is 0 Å². The van der Waals surface area contributed by atoms with Crippen LogP contribution in [0.5, 0.6) is 0 Å². The SMILES string of the molecule is C=C(C)CCC.C=C(C)CCCC(C)CC.C=C(C)CCCC(C)CCO.C=C(C)CCCC([CH2-])C.CCC(C)CC.[Y]. The fraction of sp³-hybridized carbons (Fsp3) is 0.780. The molecule has 257 valence electrons. The predicted molar refractivity (Wildman–Crippen MR) is 200 cm³/mol. The summed E-state index contributed by atoms with van der Waals surface area (Å²) in [5, 5.41) is 8.63. The summed E-state index contributed by atoms with van der Waals surface area (Å²) < 4.78 is 0. The first-order chi connectivity index (χ1) is 19.5.